The SMILES string of the molecule is CCN(c1ccccc1)c1c(-c2cnc(C)s2)[nH]c(=O)c(S(=O)(=O)c2ccc(-c3ccccc3C(=O)CC3CC3)cc2)c1O. The van der Waals surface area contributed by atoms with Crippen molar-refractivity contribution in [2.75, 3.05) is 11.4 Å². The van der Waals surface area contributed by atoms with Crippen LogP contribution in [0.1, 0.15) is 41.6 Å². The quantitative estimate of drug-likeness (QED) is 0.158. The molecule has 1 saturated carbocycles. The number of carbonyl (C=O) groups is 1. The molecule has 0 radical (unpaired) electrons. The summed E-state index contributed by atoms with van der Waals surface area (Å²) in [5.74, 6) is -0.129. The van der Waals surface area contributed by atoms with Crippen molar-refractivity contribution in [2.45, 2.75) is 42.9 Å². The number of aromatic amines is 1. The first-order valence-corrected chi connectivity index (χ1v) is 16.7. The summed E-state index contributed by atoms with van der Waals surface area (Å²) in [5, 5.41) is 12.4. The van der Waals surface area contributed by atoms with Crippen molar-refractivity contribution < 1.29 is 18.3 Å². The van der Waals surface area contributed by atoms with Crippen molar-refractivity contribution >= 4 is 38.3 Å². The number of Topliss-reactive ketones (excluding diaryl/α,β-unsaturated/α-hetero) is 1. The van der Waals surface area contributed by atoms with E-state index in [1.54, 1.807) is 29.3 Å². The number of thiazole rings is 1. The first-order valence-electron chi connectivity index (χ1n) is 14.4. The zero-order valence-electron chi connectivity index (χ0n) is 24.3. The Hall–Kier alpha value is -4.54. The Labute approximate surface area is 259 Å². The van der Waals surface area contributed by atoms with Gasteiger partial charge in [-0.1, -0.05) is 54.6 Å². The van der Waals surface area contributed by atoms with Gasteiger partial charge in [0, 0.05) is 30.4 Å². The number of aryl methyl sites for hydroxylation is 1. The number of nitrogens with zero attached hydrogens (tertiary/aromatic N) is 2. The molecule has 0 unspecified atom stereocenters. The molecule has 0 bridgehead atoms. The minimum atomic E-state index is -4.47. The fourth-order valence-corrected chi connectivity index (χ4v) is 7.57. The van der Waals surface area contributed by atoms with Crippen LogP contribution in [0.2, 0.25) is 0 Å². The topological polar surface area (TPSA) is 120 Å². The zero-order chi connectivity index (χ0) is 31.0. The number of H-pyrrole nitrogens is 1. The molecular weight excluding hydrogens is 595 g/mol. The number of sulfone groups is 1. The zero-order valence-corrected chi connectivity index (χ0v) is 25.9. The molecule has 44 heavy (non-hydrogen) atoms. The summed E-state index contributed by atoms with van der Waals surface area (Å²) in [6.45, 7) is 4.07. The maximum atomic E-state index is 14.0. The Morgan fingerprint density at radius 1 is 1.02 bits per heavy atom. The van der Waals surface area contributed by atoms with Gasteiger partial charge in [0.2, 0.25) is 9.84 Å². The number of aromatic hydroxyl groups is 1. The lowest BCUT2D eigenvalue weighted by atomic mass is 9.95. The second kappa shape index (κ2) is 11.9. The average molecular weight is 626 g/mol. The monoisotopic (exact) mass is 625 g/mol. The van der Waals surface area contributed by atoms with Crippen LogP contribution in [0, 0.1) is 12.8 Å². The highest BCUT2D eigenvalue weighted by Crippen LogP contribution is 2.44. The minimum Gasteiger partial charge on any atom is -0.504 e. The normalized spacial score (nSPS) is 13.1. The number of aromatic nitrogens is 2. The van der Waals surface area contributed by atoms with Crippen LogP contribution >= 0.6 is 11.3 Å². The van der Waals surface area contributed by atoms with E-state index in [1.165, 1.54) is 23.5 Å². The third-order valence-electron chi connectivity index (χ3n) is 7.79. The van der Waals surface area contributed by atoms with E-state index in [-0.39, 0.29) is 22.1 Å². The van der Waals surface area contributed by atoms with Gasteiger partial charge in [0.15, 0.2) is 16.4 Å². The lowest BCUT2D eigenvalue weighted by Gasteiger charge is -2.27. The van der Waals surface area contributed by atoms with E-state index in [4.69, 9.17) is 0 Å². The van der Waals surface area contributed by atoms with Crippen molar-refractivity contribution in [2.24, 2.45) is 5.92 Å². The van der Waals surface area contributed by atoms with E-state index in [2.05, 4.69) is 9.97 Å². The maximum absolute atomic E-state index is 14.0. The fourth-order valence-electron chi connectivity index (χ4n) is 5.41. The van der Waals surface area contributed by atoms with Crippen LogP contribution in [0.15, 0.2) is 99.6 Å². The third kappa shape index (κ3) is 5.58. The highest BCUT2D eigenvalue weighted by Gasteiger charge is 2.32. The highest BCUT2D eigenvalue weighted by atomic mass is 32.2. The summed E-state index contributed by atoms with van der Waals surface area (Å²) >= 11 is 1.32. The molecule has 6 rings (SSSR count). The number of benzene rings is 3. The number of rotatable bonds is 10. The number of nitrogens with one attached hydrogen (secondary N) is 1. The van der Waals surface area contributed by atoms with Crippen molar-refractivity contribution in [1.82, 2.24) is 9.97 Å². The molecule has 0 amide bonds. The molecule has 1 fully saturated rings. The summed E-state index contributed by atoms with van der Waals surface area (Å²) in [6, 6.07) is 22.6. The van der Waals surface area contributed by atoms with Gasteiger partial charge in [0.1, 0.15) is 5.69 Å². The molecule has 10 heteroatoms. The largest absolute Gasteiger partial charge is 0.504 e. The van der Waals surface area contributed by atoms with Gasteiger partial charge in [-0.3, -0.25) is 9.59 Å². The van der Waals surface area contributed by atoms with Gasteiger partial charge < -0.3 is 15.0 Å². The Morgan fingerprint density at radius 2 is 1.70 bits per heavy atom. The van der Waals surface area contributed by atoms with Gasteiger partial charge in [0.25, 0.3) is 5.56 Å². The van der Waals surface area contributed by atoms with Crippen LogP contribution in [0.5, 0.6) is 5.75 Å². The smallest absolute Gasteiger partial charge is 0.271 e. The summed E-state index contributed by atoms with van der Waals surface area (Å²) in [6.07, 6.45) is 4.23. The molecule has 3 aromatic carbocycles. The molecule has 5 aromatic rings. The molecule has 8 nitrogen and oxygen atoms in total. The number of carbonyl (C=O) groups excluding carboxylic acids is 1. The second-order valence-electron chi connectivity index (χ2n) is 10.8. The van der Waals surface area contributed by atoms with Crippen molar-refractivity contribution in [3.8, 4) is 27.4 Å². The summed E-state index contributed by atoms with van der Waals surface area (Å²) < 4.78 is 28.0. The van der Waals surface area contributed by atoms with Crippen LogP contribution in [0.4, 0.5) is 11.4 Å². The van der Waals surface area contributed by atoms with Gasteiger partial charge >= 0.3 is 0 Å². The molecule has 1 aliphatic rings. The summed E-state index contributed by atoms with van der Waals surface area (Å²) in [5.41, 5.74) is 2.23. The van der Waals surface area contributed by atoms with Crippen LogP contribution in [0.25, 0.3) is 21.7 Å². The Morgan fingerprint density at radius 3 is 2.34 bits per heavy atom. The predicted molar refractivity (Wildman–Crippen MR) is 173 cm³/mol. The van der Waals surface area contributed by atoms with E-state index in [1.807, 2.05) is 62.4 Å². The number of hydrogen-bond acceptors (Lipinski definition) is 8. The van der Waals surface area contributed by atoms with Gasteiger partial charge in [0.05, 0.1) is 20.5 Å². The van der Waals surface area contributed by atoms with E-state index < -0.39 is 26.0 Å². The van der Waals surface area contributed by atoms with Crippen molar-refractivity contribution in [3.63, 3.8) is 0 Å². The molecule has 0 aliphatic heterocycles. The van der Waals surface area contributed by atoms with Gasteiger partial charge in [-0.25, -0.2) is 13.4 Å². The predicted octanol–water partition coefficient (Wildman–Crippen LogP) is 7.15. The molecule has 2 aromatic heterocycles. The average Bonchev–Trinajstić information content (AvgIpc) is 3.74. The lowest BCUT2D eigenvalue weighted by molar-refractivity contribution is 0.0976. The molecular formula is C34H31N3O5S2. The molecule has 1 aliphatic carbocycles. The third-order valence-corrected chi connectivity index (χ3v) is 10.5. The number of anilines is 2. The summed E-state index contributed by atoms with van der Waals surface area (Å²) in [7, 11) is -4.47. The first-order chi connectivity index (χ1) is 21.2. The number of para-hydroxylation sites is 1. The molecule has 2 N–H and O–H groups in total. The van der Waals surface area contributed by atoms with E-state index in [9.17, 15) is 23.1 Å². The van der Waals surface area contributed by atoms with Crippen LogP contribution in [0.3, 0.4) is 0 Å². The standard InChI is InChI=1S/C34H31N3O5S2/c1-3-37(24-9-5-4-6-10-24)31-30(29-20-35-21(2)43-29)36-34(40)33(32(31)39)44(41,42)25-17-15-23(16-18-25)26-11-7-8-12-27(26)28(38)19-22-13-14-22/h4-12,15-18,20,22H,3,13-14,19H2,1-2H3,(H2,36,39,40). The van der Waals surface area contributed by atoms with Gasteiger partial charge in [-0.05, 0) is 68.0 Å². The number of hydrogen-bond donors (Lipinski definition) is 2. The summed E-state index contributed by atoms with van der Waals surface area (Å²) in [4.78, 5) is 34.9. The minimum absolute atomic E-state index is 0.0684. The van der Waals surface area contributed by atoms with Gasteiger partial charge in [-0.15, -0.1) is 11.3 Å². The first kappa shape index (κ1) is 29.5. The Kier molecular flexibility index (Phi) is 7.96. The molecule has 0 spiro atoms. The molecule has 2 heterocycles. The van der Waals surface area contributed by atoms with Crippen molar-refractivity contribution in [1.29, 1.82) is 0 Å². The number of pyridine rings is 1. The van der Waals surface area contributed by atoms with Gasteiger partial charge in [-0.2, -0.15) is 0 Å². The molecule has 0 saturated heterocycles. The highest BCUT2D eigenvalue weighted by molar-refractivity contribution is 7.91. The molecule has 224 valence electrons. The van der Waals surface area contributed by atoms with E-state index >= 15 is 0 Å². The lowest BCUT2D eigenvalue weighted by Crippen LogP contribution is -2.24. The second-order valence-corrected chi connectivity index (χ2v) is 13.9. The maximum Gasteiger partial charge on any atom is 0.271 e. The molecule has 0 atom stereocenters. The van der Waals surface area contributed by atoms with Crippen LogP contribution < -0.4 is 10.5 Å². The van der Waals surface area contributed by atoms with Crippen LogP contribution in [-0.4, -0.2) is 35.8 Å². The van der Waals surface area contributed by atoms with E-state index in [0.717, 1.165) is 23.4 Å². The fraction of sp³-hybridized carbons (Fsp3) is 0.206. The Balaban J connectivity index is 1.45. The Bertz CT molecular complexity index is 2010. The van der Waals surface area contributed by atoms with Crippen molar-refractivity contribution in [3.05, 3.63) is 106 Å². The number of ketones is 1. The van der Waals surface area contributed by atoms with E-state index in [0.29, 0.717) is 40.6 Å². The van der Waals surface area contributed by atoms with Crippen LogP contribution in [-0.2, 0) is 9.84 Å².